The van der Waals surface area contributed by atoms with Gasteiger partial charge in [-0.3, -0.25) is 9.36 Å². The van der Waals surface area contributed by atoms with Crippen LogP contribution in [0.5, 0.6) is 5.75 Å². The number of halogens is 1. The highest BCUT2D eigenvalue weighted by molar-refractivity contribution is 6.35. The van der Waals surface area contributed by atoms with Gasteiger partial charge >= 0.3 is 0 Å². The summed E-state index contributed by atoms with van der Waals surface area (Å²) >= 11 is 6.24. The number of benzene rings is 2. The van der Waals surface area contributed by atoms with Gasteiger partial charge in [0.1, 0.15) is 11.6 Å². The van der Waals surface area contributed by atoms with E-state index in [1.54, 1.807) is 32.2 Å². The van der Waals surface area contributed by atoms with E-state index in [0.717, 1.165) is 5.56 Å². The summed E-state index contributed by atoms with van der Waals surface area (Å²) in [5, 5.41) is 0.751. The van der Waals surface area contributed by atoms with Crippen molar-refractivity contribution < 1.29 is 4.74 Å². The third-order valence-electron chi connectivity index (χ3n) is 4.00. The molecule has 0 bridgehead atoms. The van der Waals surface area contributed by atoms with Crippen molar-refractivity contribution in [2.75, 3.05) is 7.11 Å². The zero-order valence-electron chi connectivity index (χ0n) is 13.7. The highest BCUT2D eigenvalue weighted by Crippen LogP contribution is 2.27. The molecular weight excluding hydrogens is 326 g/mol. The molecule has 5 nitrogen and oxygen atoms in total. The maximum absolute atomic E-state index is 13.2. The highest BCUT2D eigenvalue weighted by atomic mass is 35.5. The molecule has 0 aliphatic carbocycles. The lowest BCUT2D eigenvalue weighted by Gasteiger charge is -2.19. The molecule has 0 amide bonds. The fraction of sp³-hybridized carbons (Fsp3) is 0.222. The standard InChI is InChI=1S/C18H18ClN3O2/c1-10-14(8-5-9-15(10)24-3)22-17(11(2)20)21-13-7-4-6-12(19)16(13)18(22)23/h4-9,11H,20H2,1-3H3. The highest BCUT2D eigenvalue weighted by Gasteiger charge is 2.19. The van der Waals surface area contributed by atoms with Crippen molar-refractivity contribution >= 4 is 22.5 Å². The Bertz CT molecular complexity index is 980. The van der Waals surface area contributed by atoms with Gasteiger partial charge in [-0.05, 0) is 38.1 Å². The average molecular weight is 344 g/mol. The van der Waals surface area contributed by atoms with Crippen LogP contribution in [0.15, 0.2) is 41.2 Å². The average Bonchev–Trinajstić information content (AvgIpc) is 2.55. The number of hydrogen-bond donors (Lipinski definition) is 1. The van der Waals surface area contributed by atoms with Crippen LogP contribution >= 0.6 is 11.6 Å². The second-order valence-corrected chi connectivity index (χ2v) is 6.04. The summed E-state index contributed by atoms with van der Waals surface area (Å²) in [6.45, 7) is 3.69. The van der Waals surface area contributed by atoms with Crippen LogP contribution in [0.3, 0.4) is 0 Å². The maximum atomic E-state index is 13.2. The van der Waals surface area contributed by atoms with Gasteiger partial charge in [-0.2, -0.15) is 0 Å². The quantitative estimate of drug-likeness (QED) is 0.791. The summed E-state index contributed by atoms with van der Waals surface area (Å²) < 4.78 is 6.89. The molecule has 3 aromatic rings. The molecule has 1 unspecified atom stereocenters. The van der Waals surface area contributed by atoms with Crippen molar-refractivity contribution in [3.63, 3.8) is 0 Å². The monoisotopic (exact) mass is 343 g/mol. The predicted octanol–water partition coefficient (Wildman–Crippen LogP) is 3.38. The number of hydrogen-bond acceptors (Lipinski definition) is 4. The molecule has 6 heteroatoms. The van der Waals surface area contributed by atoms with Crippen LogP contribution in [-0.2, 0) is 0 Å². The Hall–Kier alpha value is -2.37. The number of aromatic nitrogens is 2. The van der Waals surface area contributed by atoms with Crippen molar-refractivity contribution in [1.29, 1.82) is 0 Å². The molecule has 2 N–H and O–H groups in total. The first-order valence-corrected chi connectivity index (χ1v) is 7.94. The second kappa shape index (κ2) is 6.26. The predicted molar refractivity (Wildman–Crippen MR) is 96.2 cm³/mol. The van der Waals surface area contributed by atoms with Gasteiger partial charge in [0.25, 0.3) is 5.56 Å². The van der Waals surface area contributed by atoms with E-state index in [1.165, 1.54) is 4.57 Å². The van der Waals surface area contributed by atoms with E-state index in [0.29, 0.717) is 33.2 Å². The SMILES string of the molecule is COc1cccc(-n2c(C(C)N)nc3cccc(Cl)c3c2=O)c1C. The molecule has 1 aromatic heterocycles. The van der Waals surface area contributed by atoms with Gasteiger partial charge in [-0.25, -0.2) is 4.98 Å². The minimum atomic E-state index is -0.424. The van der Waals surface area contributed by atoms with Gasteiger partial charge in [0.15, 0.2) is 0 Å². The van der Waals surface area contributed by atoms with Gasteiger partial charge in [-0.15, -0.1) is 0 Å². The minimum Gasteiger partial charge on any atom is -0.496 e. The molecule has 24 heavy (non-hydrogen) atoms. The third-order valence-corrected chi connectivity index (χ3v) is 4.31. The maximum Gasteiger partial charge on any atom is 0.267 e. The molecule has 1 heterocycles. The summed E-state index contributed by atoms with van der Waals surface area (Å²) in [7, 11) is 1.59. The van der Waals surface area contributed by atoms with Crippen LogP contribution in [0.1, 0.15) is 24.4 Å². The van der Waals surface area contributed by atoms with Gasteiger partial charge in [0.05, 0.1) is 34.8 Å². The Morgan fingerprint density at radius 2 is 1.96 bits per heavy atom. The van der Waals surface area contributed by atoms with Crippen LogP contribution in [0, 0.1) is 6.92 Å². The Labute approximate surface area is 144 Å². The fourth-order valence-electron chi connectivity index (χ4n) is 2.81. The summed E-state index contributed by atoms with van der Waals surface area (Å²) in [6.07, 6.45) is 0. The van der Waals surface area contributed by atoms with E-state index in [2.05, 4.69) is 4.98 Å². The zero-order valence-corrected chi connectivity index (χ0v) is 14.5. The van der Waals surface area contributed by atoms with Crippen molar-refractivity contribution in [2.24, 2.45) is 5.73 Å². The van der Waals surface area contributed by atoms with E-state index in [9.17, 15) is 4.79 Å². The summed E-state index contributed by atoms with van der Waals surface area (Å²) in [6, 6.07) is 10.3. The molecule has 0 aliphatic rings. The molecule has 0 saturated heterocycles. The topological polar surface area (TPSA) is 70.1 Å². The van der Waals surface area contributed by atoms with Crippen LogP contribution in [0.2, 0.25) is 5.02 Å². The molecule has 3 rings (SSSR count). The first kappa shape index (κ1) is 16.5. The zero-order chi connectivity index (χ0) is 17.4. The van der Waals surface area contributed by atoms with Crippen molar-refractivity contribution in [1.82, 2.24) is 9.55 Å². The van der Waals surface area contributed by atoms with Gasteiger partial charge in [0, 0.05) is 5.56 Å². The Kier molecular flexibility index (Phi) is 4.30. The van der Waals surface area contributed by atoms with Crippen molar-refractivity contribution in [3.05, 3.63) is 63.2 Å². The molecule has 1 atom stereocenters. The van der Waals surface area contributed by atoms with Gasteiger partial charge in [0.2, 0.25) is 0 Å². The van der Waals surface area contributed by atoms with Crippen molar-refractivity contribution in [2.45, 2.75) is 19.9 Å². The number of ether oxygens (including phenoxy) is 1. The molecular formula is C18H18ClN3O2. The lowest BCUT2D eigenvalue weighted by molar-refractivity contribution is 0.411. The molecule has 2 aromatic carbocycles. The van der Waals surface area contributed by atoms with Crippen LogP contribution in [0.4, 0.5) is 0 Å². The van der Waals surface area contributed by atoms with Gasteiger partial charge in [-0.1, -0.05) is 23.7 Å². The van der Waals surface area contributed by atoms with E-state index < -0.39 is 6.04 Å². The normalized spacial score (nSPS) is 12.4. The molecule has 0 aliphatic heterocycles. The first-order chi connectivity index (χ1) is 11.5. The first-order valence-electron chi connectivity index (χ1n) is 7.56. The molecule has 124 valence electrons. The number of rotatable bonds is 3. The van der Waals surface area contributed by atoms with E-state index in [-0.39, 0.29) is 5.56 Å². The number of fused-ring (bicyclic) bond motifs is 1. The third kappa shape index (κ3) is 2.56. The smallest absolute Gasteiger partial charge is 0.267 e. The largest absolute Gasteiger partial charge is 0.496 e. The van der Waals surface area contributed by atoms with E-state index in [4.69, 9.17) is 22.1 Å². The lowest BCUT2D eigenvalue weighted by atomic mass is 10.1. The lowest BCUT2D eigenvalue weighted by Crippen LogP contribution is -2.28. The van der Waals surface area contributed by atoms with Gasteiger partial charge < -0.3 is 10.5 Å². The number of nitrogens with zero attached hydrogens (tertiary/aromatic N) is 2. The summed E-state index contributed by atoms with van der Waals surface area (Å²) in [4.78, 5) is 17.8. The number of nitrogens with two attached hydrogens (primary N) is 1. The van der Waals surface area contributed by atoms with E-state index >= 15 is 0 Å². The minimum absolute atomic E-state index is 0.241. The van der Waals surface area contributed by atoms with E-state index in [1.807, 2.05) is 25.1 Å². The molecule has 0 radical (unpaired) electrons. The molecule has 0 fully saturated rings. The summed E-state index contributed by atoms with van der Waals surface area (Å²) in [5.74, 6) is 1.17. The van der Waals surface area contributed by atoms with Crippen LogP contribution < -0.4 is 16.0 Å². The van der Waals surface area contributed by atoms with Crippen LogP contribution in [0.25, 0.3) is 16.6 Å². The Morgan fingerprint density at radius 1 is 1.25 bits per heavy atom. The number of methoxy groups -OCH3 is 1. The molecule has 0 spiro atoms. The van der Waals surface area contributed by atoms with Crippen molar-refractivity contribution in [3.8, 4) is 11.4 Å². The Balaban J connectivity index is 2.47. The molecule has 0 saturated carbocycles. The summed E-state index contributed by atoms with van der Waals surface area (Å²) in [5.41, 5.74) is 7.89. The second-order valence-electron chi connectivity index (χ2n) is 5.64. The Morgan fingerprint density at radius 3 is 2.62 bits per heavy atom. The van der Waals surface area contributed by atoms with Crippen LogP contribution in [-0.4, -0.2) is 16.7 Å². The fourth-order valence-corrected chi connectivity index (χ4v) is 3.06.